The lowest BCUT2D eigenvalue weighted by molar-refractivity contribution is -0.385. The highest BCUT2D eigenvalue weighted by molar-refractivity contribution is 5.88. The number of nitrogens with zero attached hydrogens (tertiary/aromatic N) is 3. The van der Waals surface area contributed by atoms with Gasteiger partial charge in [0, 0.05) is 11.6 Å². The predicted octanol–water partition coefficient (Wildman–Crippen LogP) is 2.21. The largest absolute Gasteiger partial charge is 0.493 e. The Bertz CT molecular complexity index is 943. The number of hydrogen-bond donors (Lipinski definition) is 1. The number of benzene rings is 2. The van der Waals surface area contributed by atoms with E-state index in [1.807, 2.05) is 0 Å². The van der Waals surface area contributed by atoms with E-state index >= 15 is 0 Å². The van der Waals surface area contributed by atoms with Crippen LogP contribution in [0, 0.1) is 20.2 Å². The van der Waals surface area contributed by atoms with E-state index in [0.717, 1.165) is 6.21 Å². The molecule has 0 heterocycles. The van der Waals surface area contributed by atoms with Crippen molar-refractivity contribution in [3.05, 3.63) is 67.8 Å². The molecule has 2 aromatic rings. The first-order valence-corrected chi connectivity index (χ1v) is 7.82. The summed E-state index contributed by atoms with van der Waals surface area (Å²) >= 11 is 0. The third-order valence-corrected chi connectivity index (χ3v) is 3.66. The van der Waals surface area contributed by atoms with E-state index in [1.165, 1.54) is 44.6 Å². The molecule has 0 aliphatic heterocycles. The third-order valence-electron chi connectivity index (χ3n) is 3.66. The van der Waals surface area contributed by atoms with E-state index in [4.69, 9.17) is 9.47 Å². The lowest BCUT2D eigenvalue weighted by atomic mass is 10.1. The average Bonchev–Trinajstić information content (AvgIpc) is 2.67. The highest BCUT2D eigenvalue weighted by Gasteiger charge is 2.19. The maximum Gasteiger partial charge on any atom is 0.282 e. The van der Waals surface area contributed by atoms with Crippen LogP contribution in [0.5, 0.6) is 11.5 Å². The Morgan fingerprint density at radius 1 is 1.07 bits per heavy atom. The summed E-state index contributed by atoms with van der Waals surface area (Å²) in [7, 11) is 2.72. The molecule has 0 atom stereocenters. The summed E-state index contributed by atoms with van der Waals surface area (Å²) in [5.74, 6) is -0.193. The molecular formula is C17H16N4O7. The molecule has 28 heavy (non-hydrogen) atoms. The molecule has 0 unspecified atom stereocenters. The van der Waals surface area contributed by atoms with Crippen LogP contribution in [0.3, 0.4) is 0 Å². The zero-order valence-corrected chi connectivity index (χ0v) is 14.9. The van der Waals surface area contributed by atoms with E-state index in [9.17, 15) is 25.0 Å². The van der Waals surface area contributed by atoms with Gasteiger partial charge in [-0.1, -0.05) is 18.2 Å². The SMILES string of the molecule is COc1cc(/C=N/NC(=O)Cc2ccccc2[N+](=O)[O-])c([N+](=O)[O-])cc1OC. The number of para-hydroxylation sites is 1. The summed E-state index contributed by atoms with van der Waals surface area (Å²) in [4.78, 5) is 33.0. The molecule has 146 valence electrons. The minimum absolute atomic E-state index is 0.0774. The number of carbonyl (C=O) groups excluding carboxylic acids is 1. The third kappa shape index (κ3) is 4.78. The van der Waals surface area contributed by atoms with Crippen molar-refractivity contribution in [1.29, 1.82) is 0 Å². The van der Waals surface area contributed by atoms with Crippen molar-refractivity contribution in [2.45, 2.75) is 6.42 Å². The van der Waals surface area contributed by atoms with Crippen LogP contribution in [0.2, 0.25) is 0 Å². The molecule has 0 aliphatic carbocycles. The number of rotatable bonds is 8. The van der Waals surface area contributed by atoms with Crippen molar-refractivity contribution in [2.24, 2.45) is 5.10 Å². The second kappa shape index (κ2) is 9.07. The van der Waals surface area contributed by atoms with Crippen LogP contribution < -0.4 is 14.9 Å². The monoisotopic (exact) mass is 388 g/mol. The number of hydrogen-bond acceptors (Lipinski definition) is 8. The Labute approximate surface area is 158 Å². The molecule has 0 radical (unpaired) electrons. The lowest BCUT2D eigenvalue weighted by Gasteiger charge is -2.08. The fraction of sp³-hybridized carbons (Fsp3) is 0.176. The molecule has 11 nitrogen and oxygen atoms in total. The van der Waals surface area contributed by atoms with Gasteiger partial charge >= 0.3 is 0 Å². The minimum atomic E-state index is -0.627. The molecule has 0 aliphatic rings. The van der Waals surface area contributed by atoms with Crippen LogP contribution in [-0.2, 0) is 11.2 Å². The summed E-state index contributed by atoms with van der Waals surface area (Å²) in [5, 5.41) is 25.9. The van der Waals surface area contributed by atoms with Crippen molar-refractivity contribution in [1.82, 2.24) is 5.43 Å². The molecule has 2 aromatic carbocycles. The van der Waals surface area contributed by atoms with Gasteiger partial charge in [-0.3, -0.25) is 25.0 Å². The van der Waals surface area contributed by atoms with Crippen molar-refractivity contribution >= 4 is 23.5 Å². The molecule has 1 amide bonds. The van der Waals surface area contributed by atoms with Crippen LogP contribution >= 0.6 is 0 Å². The molecule has 0 bridgehead atoms. The van der Waals surface area contributed by atoms with E-state index < -0.39 is 15.8 Å². The molecule has 0 saturated heterocycles. The first kappa shape index (κ1) is 20.3. The quantitative estimate of drug-likeness (QED) is 0.414. The second-order valence-corrected chi connectivity index (χ2v) is 5.38. The van der Waals surface area contributed by atoms with Crippen LogP contribution in [0.25, 0.3) is 0 Å². The molecule has 0 saturated carbocycles. The summed E-state index contributed by atoms with van der Waals surface area (Å²) in [6.45, 7) is 0. The van der Waals surface area contributed by atoms with Crippen LogP contribution in [0.1, 0.15) is 11.1 Å². The Morgan fingerprint density at radius 2 is 1.68 bits per heavy atom. The van der Waals surface area contributed by atoms with Gasteiger partial charge in [0.25, 0.3) is 11.4 Å². The number of nitro groups is 2. The van der Waals surface area contributed by atoms with Gasteiger partial charge in [-0.2, -0.15) is 5.10 Å². The molecule has 1 N–H and O–H groups in total. The molecule has 0 spiro atoms. The van der Waals surface area contributed by atoms with Crippen molar-refractivity contribution in [2.75, 3.05) is 14.2 Å². The Balaban J connectivity index is 2.17. The van der Waals surface area contributed by atoms with E-state index in [-0.39, 0.29) is 40.4 Å². The van der Waals surface area contributed by atoms with Gasteiger partial charge in [0.05, 0.1) is 48.3 Å². The molecule has 2 rings (SSSR count). The maximum absolute atomic E-state index is 12.0. The van der Waals surface area contributed by atoms with Gasteiger partial charge in [-0.25, -0.2) is 5.43 Å². The average molecular weight is 388 g/mol. The number of hydrazone groups is 1. The molecule has 0 fully saturated rings. The van der Waals surface area contributed by atoms with Crippen molar-refractivity contribution < 1.29 is 24.1 Å². The van der Waals surface area contributed by atoms with Crippen LogP contribution in [-0.4, -0.2) is 36.2 Å². The number of nitrogens with one attached hydrogen (secondary N) is 1. The number of ether oxygens (including phenoxy) is 2. The number of nitro benzene ring substituents is 2. The first-order valence-electron chi connectivity index (χ1n) is 7.82. The molecule has 0 aromatic heterocycles. The fourth-order valence-corrected chi connectivity index (χ4v) is 2.37. The van der Waals surface area contributed by atoms with E-state index in [1.54, 1.807) is 6.07 Å². The second-order valence-electron chi connectivity index (χ2n) is 5.38. The first-order chi connectivity index (χ1) is 13.4. The highest BCUT2D eigenvalue weighted by Crippen LogP contribution is 2.33. The van der Waals surface area contributed by atoms with Gasteiger partial charge < -0.3 is 9.47 Å². The summed E-state index contributed by atoms with van der Waals surface area (Å²) in [5.41, 5.74) is 2.01. The predicted molar refractivity (Wildman–Crippen MR) is 98.7 cm³/mol. The van der Waals surface area contributed by atoms with Crippen LogP contribution in [0.15, 0.2) is 41.5 Å². The highest BCUT2D eigenvalue weighted by atomic mass is 16.6. The Hall–Kier alpha value is -4.02. The van der Waals surface area contributed by atoms with Crippen LogP contribution in [0.4, 0.5) is 11.4 Å². The summed E-state index contributed by atoms with van der Waals surface area (Å²) in [6, 6.07) is 8.34. The normalized spacial score (nSPS) is 10.5. The number of methoxy groups -OCH3 is 2. The van der Waals surface area contributed by atoms with Gasteiger partial charge in [0.2, 0.25) is 5.91 Å². The number of carbonyl (C=O) groups is 1. The van der Waals surface area contributed by atoms with E-state index in [2.05, 4.69) is 10.5 Å². The van der Waals surface area contributed by atoms with Crippen molar-refractivity contribution in [3.8, 4) is 11.5 Å². The van der Waals surface area contributed by atoms with Gasteiger partial charge in [0.1, 0.15) is 0 Å². The lowest BCUT2D eigenvalue weighted by Crippen LogP contribution is -2.20. The Morgan fingerprint density at radius 3 is 2.29 bits per heavy atom. The smallest absolute Gasteiger partial charge is 0.282 e. The minimum Gasteiger partial charge on any atom is -0.493 e. The molecular weight excluding hydrogens is 372 g/mol. The topological polar surface area (TPSA) is 146 Å². The van der Waals surface area contributed by atoms with Gasteiger partial charge in [-0.05, 0) is 6.07 Å². The zero-order valence-electron chi connectivity index (χ0n) is 14.9. The summed E-state index contributed by atoms with van der Waals surface area (Å²) in [6.07, 6.45) is 0.805. The van der Waals surface area contributed by atoms with Crippen molar-refractivity contribution in [3.63, 3.8) is 0 Å². The fourth-order valence-electron chi connectivity index (χ4n) is 2.37. The number of amides is 1. The standard InChI is InChI=1S/C17H16N4O7/c1-27-15-7-12(14(21(25)26)9-16(15)28-2)10-18-19-17(22)8-11-5-3-4-6-13(11)20(23)24/h3-7,9-10H,8H2,1-2H3,(H,19,22)/b18-10+. The maximum atomic E-state index is 12.0. The molecule has 11 heteroatoms. The Kier molecular flexibility index (Phi) is 6.58. The van der Waals surface area contributed by atoms with Gasteiger partial charge in [-0.15, -0.1) is 0 Å². The zero-order chi connectivity index (χ0) is 20.7. The van der Waals surface area contributed by atoms with E-state index in [0.29, 0.717) is 0 Å². The summed E-state index contributed by atoms with van der Waals surface area (Å²) < 4.78 is 10.1. The van der Waals surface area contributed by atoms with Gasteiger partial charge in [0.15, 0.2) is 11.5 Å².